The standard InChI is InChI=1S/C11H10N6S/c12-10(18)11-13-7-17(15-11)6-8-5-16-4-2-1-3-9(16)14-8/h1-5,7H,6H2,(H2,12,18). The number of pyridine rings is 1. The van der Waals surface area contributed by atoms with Crippen molar-refractivity contribution in [2.45, 2.75) is 6.54 Å². The Balaban J connectivity index is 1.88. The zero-order valence-electron chi connectivity index (χ0n) is 9.39. The molecule has 0 bridgehead atoms. The van der Waals surface area contributed by atoms with Crippen LogP contribution in [0.4, 0.5) is 0 Å². The van der Waals surface area contributed by atoms with E-state index in [0.29, 0.717) is 12.4 Å². The van der Waals surface area contributed by atoms with E-state index < -0.39 is 0 Å². The predicted molar refractivity (Wildman–Crippen MR) is 70.2 cm³/mol. The van der Waals surface area contributed by atoms with Gasteiger partial charge in [0.25, 0.3) is 0 Å². The number of imidazole rings is 1. The molecule has 3 heterocycles. The first kappa shape index (κ1) is 10.8. The summed E-state index contributed by atoms with van der Waals surface area (Å²) in [6, 6.07) is 5.86. The predicted octanol–water partition coefficient (Wildman–Crippen LogP) is 0.608. The monoisotopic (exact) mass is 258 g/mol. The Bertz CT molecular complexity index is 680. The summed E-state index contributed by atoms with van der Waals surface area (Å²) in [5, 5.41) is 4.17. The summed E-state index contributed by atoms with van der Waals surface area (Å²) in [5.41, 5.74) is 7.26. The number of nitrogens with two attached hydrogens (primary N) is 1. The molecule has 0 aliphatic heterocycles. The van der Waals surface area contributed by atoms with Crippen molar-refractivity contribution in [2.75, 3.05) is 0 Å². The molecule has 0 aliphatic carbocycles. The molecule has 0 fully saturated rings. The van der Waals surface area contributed by atoms with Gasteiger partial charge in [0.05, 0.1) is 12.2 Å². The highest BCUT2D eigenvalue weighted by atomic mass is 32.1. The minimum absolute atomic E-state index is 0.198. The van der Waals surface area contributed by atoms with Crippen LogP contribution in [-0.2, 0) is 6.54 Å². The average Bonchev–Trinajstić information content (AvgIpc) is 2.94. The van der Waals surface area contributed by atoms with E-state index in [-0.39, 0.29) is 4.99 Å². The molecule has 0 spiro atoms. The summed E-state index contributed by atoms with van der Waals surface area (Å²) in [6.45, 7) is 0.539. The lowest BCUT2D eigenvalue weighted by atomic mass is 10.5. The van der Waals surface area contributed by atoms with Crippen LogP contribution < -0.4 is 5.73 Å². The van der Waals surface area contributed by atoms with Crippen LogP contribution in [0.5, 0.6) is 0 Å². The van der Waals surface area contributed by atoms with Gasteiger partial charge in [0.2, 0.25) is 5.82 Å². The Hall–Kier alpha value is -2.28. The van der Waals surface area contributed by atoms with E-state index in [1.165, 1.54) is 0 Å². The van der Waals surface area contributed by atoms with E-state index >= 15 is 0 Å². The van der Waals surface area contributed by atoms with Crippen LogP contribution >= 0.6 is 12.2 Å². The molecule has 0 atom stereocenters. The van der Waals surface area contributed by atoms with E-state index in [2.05, 4.69) is 15.1 Å². The third-order valence-corrected chi connectivity index (χ3v) is 2.68. The number of nitrogens with zero attached hydrogens (tertiary/aromatic N) is 5. The summed E-state index contributed by atoms with van der Waals surface area (Å²) < 4.78 is 3.62. The lowest BCUT2D eigenvalue weighted by Gasteiger charge is -1.94. The number of aromatic nitrogens is 5. The molecule has 0 amide bonds. The third kappa shape index (κ3) is 1.95. The van der Waals surface area contributed by atoms with Crippen LogP contribution in [0.2, 0.25) is 0 Å². The molecular formula is C11H10N6S. The third-order valence-electron chi connectivity index (χ3n) is 2.49. The molecule has 2 N–H and O–H groups in total. The van der Waals surface area contributed by atoms with Crippen molar-refractivity contribution in [2.24, 2.45) is 5.73 Å². The molecule has 3 rings (SSSR count). The SMILES string of the molecule is NC(=S)c1ncn(Cc2cn3ccccc3n2)n1. The lowest BCUT2D eigenvalue weighted by molar-refractivity contribution is 0.672. The highest BCUT2D eigenvalue weighted by Gasteiger charge is 2.06. The first-order valence-electron chi connectivity index (χ1n) is 5.34. The van der Waals surface area contributed by atoms with Gasteiger partial charge in [-0.15, -0.1) is 5.10 Å². The van der Waals surface area contributed by atoms with E-state index in [9.17, 15) is 0 Å². The van der Waals surface area contributed by atoms with Crippen molar-refractivity contribution in [1.29, 1.82) is 0 Å². The van der Waals surface area contributed by atoms with E-state index in [1.807, 2.05) is 35.0 Å². The molecule has 0 radical (unpaired) electrons. The molecule has 3 aromatic heterocycles. The van der Waals surface area contributed by atoms with E-state index in [1.54, 1.807) is 11.0 Å². The Morgan fingerprint density at radius 3 is 3.00 bits per heavy atom. The topological polar surface area (TPSA) is 74.0 Å². The maximum Gasteiger partial charge on any atom is 0.208 e. The number of hydrogen-bond acceptors (Lipinski definition) is 4. The maximum atomic E-state index is 5.46. The Morgan fingerprint density at radius 2 is 2.28 bits per heavy atom. The van der Waals surface area contributed by atoms with Crippen molar-refractivity contribution in [3.63, 3.8) is 0 Å². The molecule has 90 valence electrons. The molecular weight excluding hydrogens is 248 g/mol. The van der Waals surface area contributed by atoms with Gasteiger partial charge >= 0.3 is 0 Å². The summed E-state index contributed by atoms with van der Waals surface area (Å²) in [5.74, 6) is 0.383. The van der Waals surface area contributed by atoms with Crippen molar-refractivity contribution >= 4 is 22.9 Å². The van der Waals surface area contributed by atoms with Gasteiger partial charge in [-0.3, -0.25) is 0 Å². The van der Waals surface area contributed by atoms with Crippen LogP contribution in [0.3, 0.4) is 0 Å². The number of hydrogen-bond donors (Lipinski definition) is 1. The average molecular weight is 258 g/mol. The number of rotatable bonds is 3. The molecule has 6 nitrogen and oxygen atoms in total. The molecule has 3 aromatic rings. The molecule has 0 unspecified atom stereocenters. The first-order valence-corrected chi connectivity index (χ1v) is 5.75. The van der Waals surface area contributed by atoms with Crippen molar-refractivity contribution in [3.05, 3.63) is 48.4 Å². The van der Waals surface area contributed by atoms with Gasteiger partial charge < -0.3 is 10.1 Å². The van der Waals surface area contributed by atoms with Crippen molar-refractivity contribution < 1.29 is 0 Å². The molecule has 0 saturated carbocycles. The van der Waals surface area contributed by atoms with Crippen LogP contribution in [0.25, 0.3) is 5.65 Å². The van der Waals surface area contributed by atoms with Crippen LogP contribution in [-0.4, -0.2) is 29.1 Å². The number of thiocarbonyl (C=S) groups is 1. The quantitative estimate of drug-likeness (QED) is 0.697. The van der Waals surface area contributed by atoms with Crippen molar-refractivity contribution in [3.8, 4) is 0 Å². The van der Waals surface area contributed by atoms with E-state index in [0.717, 1.165) is 11.3 Å². The normalized spacial score (nSPS) is 10.9. The summed E-state index contributed by atoms with van der Waals surface area (Å²) in [7, 11) is 0. The fourth-order valence-corrected chi connectivity index (χ4v) is 1.81. The molecule has 18 heavy (non-hydrogen) atoms. The van der Waals surface area contributed by atoms with Gasteiger partial charge in [0.1, 0.15) is 17.0 Å². The molecule has 0 aliphatic rings. The lowest BCUT2D eigenvalue weighted by Crippen LogP contribution is -2.12. The van der Waals surface area contributed by atoms with Crippen LogP contribution in [0.15, 0.2) is 36.9 Å². The zero-order valence-corrected chi connectivity index (χ0v) is 10.2. The van der Waals surface area contributed by atoms with Gasteiger partial charge in [-0.05, 0) is 12.1 Å². The fraction of sp³-hybridized carbons (Fsp3) is 0.0909. The van der Waals surface area contributed by atoms with Gasteiger partial charge in [0, 0.05) is 12.4 Å². The first-order chi connectivity index (χ1) is 8.72. The van der Waals surface area contributed by atoms with Gasteiger partial charge in [0.15, 0.2) is 0 Å². The molecule has 0 aromatic carbocycles. The fourth-order valence-electron chi connectivity index (χ4n) is 1.71. The second-order valence-corrected chi connectivity index (χ2v) is 4.27. The second kappa shape index (κ2) is 4.19. The van der Waals surface area contributed by atoms with E-state index in [4.69, 9.17) is 18.0 Å². The minimum Gasteiger partial charge on any atom is -0.387 e. The zero-order chi connectivity index (χ0) is 12.5. The van der Waals surface area contributed by atoms with Crippen LogP contribution in [0.1, 0.15) is 11.5 Å². The summed E-state index contributed by atoms with van der Waals surface area (Å²) in [6.07, 6.45) is 5.50. The smallest absolute Gasteiger partial charge is 0.208 e. The molecule has 7 heteroatoms. The summed E-state index contributed by atoms with van der Waals surface area (Å²) in [4.78, 5) is 8.69. The van der Waals surface area contributed by atoms with Gasteiger partial charge in [-0.25, -0.2) is 14.6 Å². The summed E-state index contributed by atoms with van der Waals surface area (Å²) >= 11 is 4.81. The van der Waals surface area contributed by atoms with Gasteiger partial charge in [-0.1, -0.05) is 18.3 Å². The van der Waals surface area contributed by atoms with Gasteiger partial charge in [-0.2, -0.15) is 0 Å². The highest BCUT2D eigenvalue weighted by molar-refractivity contribution is 7.80. The van der Waals surface area contributed by atoms with Crippen molar-refractivity contribution in [1.82, 2.24) is 24.1 Å². The Labute approximate surface area is 108 Å². The maximum absolute atomic E-state index is 5.46. The second-order valence-electron chi connectivity index (χ2n) is 3.83. The number of fused-ring (bicyclic) bond motifs is 1. The van der Waals surface area contributed by atoms with Crippen LogP contribution in [0, 0.1) is 0 Å². The Morgan fingerprint density at radius 1 is 1.39 bits per heavy atom. The molecule has 0 saturated heterocycles. The highest BCUT2D eigenvalue weighted by Crippen LogP contribution is 2.05. The minimum atomic E-state index is 0.198. The largest absolute Gasteiger partial charge is 0.387 e. The Kier molecular flexibility index (Phi) is 2.52.